The molecule has 0 bridgehead atoms. The number of hydrogen-bond donors (Lipinski definition) is 8. The van der Waals surface area contributed by atoms with Crippen LogP contribution in [0.5, 0.6) is 0 Å². The second-order valence-corrected chi connectivity index (χ2v) is 8.29. The van der Waals surface area contributed by atoms with E-state index >= 15 is 0 Å². The third-order valence-corrected chi connectivity index (χ3v) is 5.96. The monoisotopic (exact) mass is 456 g/mol. The summed E-state index contributed by atoms with van der Waals surface area (Å²) in [5.74, 6) is 0. The summed E-state index contributed by atoms with van der Waals surface area (Å²) in [6.45, 7) is 4.44. The molecule has 0 spiro atoms. The fourth-order valence-electron chi connectivity index (χ4n) is 3.95. The molecule has 0 radical (unpaired) electrons. The van der Waals surface area contributed by atoms with E-state index in [2.05, 4.69) is 0 Å². The first-order chi connectivity index (χ1) is 14.4. The average molecular weight is 456 g/mol. The first-order valence-corrected chi connectivity index (χ1v) is 10.2. The van der Waals surface area contributed by atoms with Crippen molar-refractivity contribution in [1.82, 2.24) is 0 Å². The van der Waals surface area contributed by atoms with Crippen molar-refractivity contribution in [3.63, 3.8) is 0 Å². The lowest BCUT2D eigenvalue weighted by molar-refractivity contribution is -0.370. The number of aliphatic hydroxyl groups excluding tert-OH is 8. The van der Waals surface area contributed by atoms with Crippen LogP contribution in [0.15, 0.2) is 0 Å². The highest BCUT2D eigenvalue weighted by Gasteiger charge is 2.51. The zero-order chi connectivity index (χ0) is 23.2. The van der Waals surface area contributed by atoms with E-state index in [9.17, 15) is 40.9 Å². The molecule has 3 fully saturated rings. The van der Waals surface area contributed by atoms with Crippen molar-refractivity contribution >= 4 is 0 Å². The molecule has 182 valence electrons. The van der Waals surface area contributed by atoms with Gasteiger partial charge in [0.2, 0.25) is 0 Å². The van der Waals surface area contributed by atoms with Gasteiger partial charge in [0.1, 0.15) is 54.9 Å². The van der Waals surface area contributed by atoms with E-state index in [4.69, 9.17) is 23.7 Å². The first kappa shape index (κ1) is 25.1. The van der Waals surface area contributed by atoms with Crippen LogP contribution >= 0.6 is 0 Å². The van der Waals surface area contributed by atoms with Gasteiger partial charge in [-0.2, -0.15) is 0 Å². The largest absolute Gasteiger partial charge is 0.388 e. The van der Waals surface area contributed by atoms with Gasteiger partial charge in [-0.05, 0) is 20.8 Å². The molecule has 0 saturated carbocycles. The first-order valence-electron chi connectivity index (χ1n) is 10.2. The average Bonchev–Trinajstić information content (AvgIpc) is 2.72. The van der Waals surface area contributed by atoms with Crippen LogP contribution in [-0.4, -0.2) is 133 Å². The summed E-state index contributed by atoms with van der Waals surface area (Å²) in [4.78, 5) is 0. The van der Waals surface area contributed by atoms with Crippen molar-refractivity contribution in [2.75, 3.05) is 0 Å². The van der Waals surface area contributed by atoms with E-state index in [-0.39, 0.29) is 0 Å². The Hall–Kier alpha value is -0.520. The zero-order valence-corrected chi connectivity index (χ0v) is 17.3. The maximum atomic E-state index is 10.6. The van der Waals surface area contributed by atoms with Crippen molar-refractivity contribution in [1.29, 1.82) is 0 Å². The van der Waals surface area contributed by atoms with Gasteiger partial charge >= 0.3 is 0 Å². The minimum atomic E-state index is -1.67. The van der Waals surface area contributed by atoms with Gasteiger partial charge in [-0.1, -0.05) is 0 Å². The highest BCUT2D eigenvalue weighted by Crippen LogP contribution is 2.31. The van der Waals surface area contributed by atoms with Crippen molar-refractivity contribution in [3.05, 3.63) is 0 Å². The summed E-state index contributed by atoms with van der Waals surface area (Å²) in [5.41, 5.74) is 0. The molecular weight excluding hydrogens is 424 g/mol. The Bertz CT molecular complexity index is 595. The summed E-state index contributed by atoms with van der Waals surface area (Å²) >= 11 is 0. The smallest absolute Gasteiger partial charge is 0.187 e. The lowest BCUT2D eigenvalue weighted by Gasteiger charge is -2.47. The van der Waals surface area contributed by atoms with Gasteiger partial charge in [-0.25, -0.2) is 0 Å². The van der Waals surface area contributed by atoms with Crippen LogP contribution in [-0.2, 0) is 23.7 Å². The molecule has 13 nitrogen and oxygen atoms in total. The van der Waals surface area contributed by atoms with Crippen LogP contribution in [0, 0.1) is 0 Å². The van der Waals surface area contributed by atoms with Crippen LogP contribution in [0.4, 0.5) is 0 Å². The molecule has 0 unspecified atom stereocenters. The molecule has 3 rings (SSSR count). The van der Waals surface area contributed by atoms with Crippen LogP contribution in [0.25, 0.3) is 0 Å². The zero-order valence-electron chi connectivity index (χ0n) is 17.3. The lowest BCUT2D eigenvalue weighted by atomic mass is 9.96. The molecular formula is C18H32O13. The molecule has 3 heterocycles. The second-order valence-electron chi connectivity index (χ2n) is 8.29. The van der Waals surface area contributed by atoms with Gasteiger partial charge in [0.25, 0.3) is 0 Å². The molecule has 0 aromatic rings. The Morgan fingerprint density at radius 2 is 0.871 bits per heavy atom. The Balaban J connectivity index is 1.65. The highest BCUT2D eigenvalue weighted by atomic mass is 16.7. The molecule has 31 heavy (non-hydrogen) atoms. The predicted octanol–water partition coefficient (Wildman–Crippen LogP) is -4.49. The van der Waals surface area contributed by atoms with Crippen LogP contribution in [0.2, 0.25) is 0 Å². The standard InChI is InChI=1S/C18H32O13/c1-4-7(19)8(20)12(24)17(28-4)31-15-6(3)29-18(13(25)10(15)22)30-14-5(2)27-16(26)11(23)9(14)21/h4-26H,1-3H3/t4-,5-,6-,7-,8+,9-,10-,11-,12-,13-,14-,15-,16-,17+,18+/m1/s1. The fourth-order valence-corrected chi connectivity index (χ4v) is 3.95. The molecule has 3 saturated heterocycles. The van der Waals surface area contributed by atoms with Crippen molar-refractivity contribution in [3.8, 4) is 0 Å². The molecule has 13 heteroatoms. The van der Waals surface area contributed by atoms with Gasteiger partial charge in [0, 0.05) is 0 Å². The summed E-state index contributed by atoms with van der Waals surface area (Å²) in [6.07, 6.45) is -20.4. The van der Waals surface area contributed by atoms with Crippen molar-refractivity contribution in [2.45, 2.75) is 113 Å². The van der Waals surface area contributed by atoms with Crippen molar-refractivity contribution in [2.24, 2.45) is 0 Å². The van der Waals surface area contributed by atoms with Gasteiger partial charge in [-0.15, -0.1) is 0 Å². The third-order valence-electron chi connectivity index (χ3n) is 5.96. The summed E-state index contributed by atoms with van der Waals surface area (Å²) in [5, 5.41) is 80.4. The quantitative estimate of drug-likeness (QED) is 0.201. The summed E-state index contributed by atoms with van der Waals surface area (Å²) < 4.78 is 27.1. The van der Waals surface area contributed by atoms with Crippen LogP contribution < -0.4 is 0 Å². The van der Waals surface area contributed by atoms with E-state index in [1.807, 2.05) is 0 Å². The summed E-state index contributed by atoms with van der Waals surface area (Å²) in [7, 11) is 0. The Kier molecular flexibility index (Phi) is 7.91. The number of hydrogen-bond acceptors (Lipinski definition) is 13. The fraction of sp³-hybridized carbons (Fsp3) is 1.00. The maximum absolute atomic E-state index is 10.6. The highest BCUT2D eigenvalue weighted by molar-refractivity contribution is 4.94. The third kappa shape index (κ3) is 4.89. The lowest BCUT2D eigenvalue weighted by Crippen LogP contribution is -2.65. The van der Waals surface area contributed by atoms with Gasteiger partial charge < -0.3 is 64.5 Å². The Labute approximate surface area is 178 Å². The molecule has 0 aromatic heterocycles. The number of ether oxygens (including phenoxy) is 5. The number of rotatable bonds is 4. The van der Waals surface area contributed by atoms with E-state index in [1.165, 1.54) is 20.8 Å². The van der Waals surface area contributed by atoms with Gasteiger partial charge in [0.05, 0.1) is 18.3 Å². The molecule has 15 atom stereocenters. The van der Waals surface area contributed by atoms with Crippen LogP contribution in [0.3, 0.4) is 0 Å². The molecule has 3 aliphatic heterocycles. The normalized spacial score (nSPS) is 56.4. The molecule has 0 amide bonds. The Morgan fingerprint density at radius 1 is 0.452 bits per heavy atom. The molecule has 8 N–H and O–H groups in total. The minimum Gasteiger partial charge on any atom is -0.388 e. The minimum absolute atomic E-state index is 0.864. The van der Waals surface area contributed by atoms with Crippen LogP contribution in [0.1, 0.15) is 20.8 Å². The SMILES string of the molecule is C[C@H]1O[C@@H](O[C@H]2[C@H](O)[C@@H](O)[C@H](O[C@H]3[C@H](O)[C@@H](O)[C@H](O)O[C@@H]3C)O[C@@H]2C)[C@H](O)[C@@H](O)[C@@H]1O. The summed E-state index contributed by atoms with van der Waals surface area (Å²) in [6, 6.07) is 0. The molecule has 0 aliphatic carbocycles. The van der Waals surface area contributed by atoms with E-state index < -0.39 is 92.1 Å². The maximum Gasteiger partial charge on any atom is 0.187 e. The Morgan fingerprint density at radius 3 is 1.42 bits per heavy atom. The van der Waals surface area contributed by atoms with E-state index in [1.54, 1.807) is 0 Å². The topological polar surface area (TPSA) is 208 Å². The van der Waals surface area contributed by atoms with E-state index in [0.29, 0.717) is 0 Å². The second kappa shape index (κ2) is 9.77. The molecule has 3 aliphatic rings. The molecule has 0 aromatic carbocycles. The van der Waals surface area contributed by atoms with Gasteiger partial charge in [-0.3, -0.25) is 0 Å². The van der Waals surface area contributed by atoms with Crippen molar-refractivity contribution < 1.29 is 64.5 Å². The number of aliphatic hydroxyl groups is 8. The van der Waals surface area contributed by atoms with Gasteiger partial charge in [0.15, 0.2) is 18.9 Å². The van der Waals surface area contributed by atoms with E-state index in [0.717, 1.165) is 0 Å². The predicted molar refractivity (Wildman–Crippen MR) is 97.0 cm³/mol.